The van der Waals surface area contributed by atoms with Crippen molar-refractivity contribution in [1.29, 1.82) is 0 Å². The maximum atomic E-state index is 5.98. The fourth-order valence-corrected chi connectivity index (χ4v) is 3.78. The maximum Gasteiger partial charge on any atom is 0.137 e. The van der Waals surface area contributed by atoms with Crippen molar-refractivity contribution in [3.05, 3.63) is 83.9 Å². The molecule has 4 aromatic carbocycles. The zero-order valence-electron chi connectivity index (χ0n) is 15.4. The first-order valence-corrected chi connectivity index (χ1v) is 9.52. The Labute approximate surface area is 171 Å². The van der Waals surface area contributed by atoms with Crippen LogP contribution in [-0.4, -0.2) is 0 Å². The molecule has 6 aromatic rings. The molecule has 0 atom stereocenters. The molecule has 0 aliphatic rings. The van der Waals surface area contributed by atoms with Crippen LogP contribution in [0, 0.1) is 0 Å². The highest BCUT2D eigenvalue weighted by molar-refractivity contribution is 6.35. The minimum atomic E-state index is 0.564. The van der Waals surface area contributed by atoms with Gasteiger partial charge in [0.05, 0.1) is 21.5 Å². The highest BCUT2D eigenvalue weighted by atomic mass is 35.5. The van der Waals surface area contributed by atoms with Crippen molar-refractivity contribution < 1.29 is 8.83 Å². The quantitative estimate of drug-likeness (QED) is 0.269. The first-order valence-electron chi connectivity index (χ1n) is 9.14. The molecule has 29 heavy (non-hydrogen) atoms. The predicted octanol–water partition coefficient (Wildman–Crippen LogP) is 6.99. The minimum absolute atomic E-state index is 0.564. The molecule has 0 saturated carbocycles. The van der Waals surface area contributed by atoms with Crippen molar-refractivity contribution in [3.8, 4) is 0 Å². The number of para-hydroxylation sites is 2. The number of nitrogen functional groups attached to an aromatic ring is 2. The molecule has 0 saturated heterocycles. The van der Waals surface area contributed by atoms with Gasteiger partial charge in [0, 0.05) is 16.5 Å². The summed E-state index contributed by atoms with van der Waals surface area (Å²) in [4.78, 5) is 0. The molecule has 0 fully saturated rings. The summed E-state index contributed by atoms with van der Waals surface area (Å²) in [7, 11) is 0. The van der Waals surface area contributed by atoms with Crippen LogP contribution in [0.15, 0.2) is 87.7 Å². The van der Waals surface area contributed by atoms with E-state index in [-0.39, 0.29) is 0 Å². The summed E-state index contributed by atoms with van der Waals surface area (Å²) in [5.41, 5.74) is 16.5. The van der Waals surface area contributed by atoms with E-state index in [0.29, 0.717) is 10.7 Å². The number of fused-ring (bicyclic) bond motifs is 6. The summed E-state index contributed by atoms with van der Waals surface area (Å²) < 4.78 is 11.3. The number of halogens is 1. The maximum absolute atomic E-state index is 5.98. The summed E-state index contributed by atoms with van der Waals surface area (Å²) in [6, 6.07) is 25.0. The van der Waals surface area contributed by atoms with E-state index in [1.54, 1.807) is 6.07 Å². The van der Waals surface area contributed by atoms with Gasteiger partial charge in [0.2, 0.25) is 0 Å². The number of furan rings is 2. The van der Waals surface area contributed by atoms with Gasteiger partial charge in [-0.25, -0.2) is 0 Å². The lowest BCUT2D eigenvalue weighted by Gasteiger charge is -1.98. The smallest absolute Gasteiger partial charge is 0.137 e. The van der Waals surface area contributed by atoms with Crippen LogP contribution in [0.4, 0.5) is 11.4 Å². The monoisotopic (exact) mass is 400 g/mol. The number of anilines is 2. The fraction of sp³-hybridized carbons (Fsp3) is 0. The second kappa shape index (κ2) is 6.76. The van der Waals surface area contributed by atoms with Crippen molar-refractivity contribution in [2.75, 3.05) is 11.5 Å². The Morgan fingerprint density at radius 2 is 1.10 bits per heavy atom. The Hall–Kier alpha value is -3.63. The third-order valence-electron chi connectivity index (χ3n) is 4.97. The van der Waals surface area contributed by atoms with E-state index in [0.717, 1.165) is 49.6 Å². The summed E-state index contributed by atoms with van der Waals surface area (Å²) in [5.74, 6) is 0. The van der Waals surface area contributed by atoms with Crippen molar-refractivity contribution in [1.82, 2.24) is 0 Å². The molecular formula is C24H17ClN2O2. The van der Waals surface area contributed by atoms with Crippen LogP contribution in [0.3, 0.4) is 0 Å². The van der Waals surface area contributed by atoms with Crippen LogP contribution < -0.4 is 11.5 Å². The summed E-state index contributed by atoms with van der Waals surface area (Å²) in [6.07, 6.45) is 0. The second-order valence-electron chi connectivity index (χ2n) is 6.75. The number of hydrogen-bond acceptors (Lipinski definition) is 4. The van der Waals surface area contributed by atoms with Gasteiger partial charge in [0.1, 0.15) is 22.3 Å². The highest BCUT2D eigenvalue weighted by Gasteiger charge is 2.11. The van der Waals surface area contributed by atoms with E-state index in [1.807, 2.05) is 72.8 Å². The van der Waals surface area contributed by atoms with Crippen LogP contribution >= 0.6 is 11.6 Å². The van der Waals surface area contributed by atoms with E-state index in [4.69, 9.17) is 31.9 Å². The predicted molar refractivity (Wildman–Crippen MR) is 121 cm³/mol. The Bertz CT molecular complexity index is 1500. The van der Waals surface area contributed by atoms with Crippen molar-refractivity contribution in [2.24, 2.45) is 0 Å². The second-order valence-corrected chi connectivity index (χ2v) is 7.16. The molecule has 142 valence electrons. The minimum Gasteiger partial charge on any atom is -0.456 e. The molecule has 4 nitrogen and oxygen atoms in total. The molecule has 0 aliphatic heterocycles. The number of benzene rings is 4. The molecule has 2 aromatic heterocycles. The van der Waals surface area contributed by atoms with Gasteiger partial charge in [-0.3, -0.25) is 0 Å². The molecule has 6 rings (SSSR count). The molecule has 5 heteroatoms. The number of hydrogen-bond donors (Lipinski definition) is 2. The van der Waals surface area contributed by atoms with Crippen LogP contribution in [-0.2, 0) is 0 Å². The van der Waals surface area contributed by atoms with Crippen molar-refractivity contribution in [3.63, 3.8) is 0 Å². The molecule has 2 heterocycles. The summed E-state index contributed by atoms with van der Waals surface area (Å²) in [5, 5.41) is 4.57. The lowest BCUT2D eigenvalue weighted by atomic mass is 10.1. The number of nitrogens with two attached hydrogens (primary N) is 2. The Kier molecular flexibility index (Phi) is 4.07. The van der Waals surface area contributed by atoms with E-state index < -0.39 is 0 Å². The van der Waals surface area contributed by atoms with Gasteiger partial charge in [-0.15, -0.1) is 0 Å². The zero-order valence-corrected chi connectivity index (χ0v) is 16.1. The average molecular weight is 401 g/mol. The SMILES string of the molecule is Nc1c(Cl)ccc2oc3ccccc3c12.Nc1cccc2oc3ccccc3c12. The topological polar surface area (TPSA) is 78.3 Å². The van der Waals surface area contributed by atoms with Gasteiger partial charge < -0.3 is 20.3 Å². The lowest BCUT2D eigenvalue weighted by Crippen LogP contribution is -1.86. The molecule has 0 bridgehead atoms. The van der Waals surface area contributed by atoms with Gasteiger partial charge in [-0.1, -0.05) is 54.1 Å². The van der Waals surface area contributed by atoms with Gasteiger partial charge in [-0.2, -0.15) is 0 Å². The highest BCUT2D eigenvalue weighted by Crippen LogP contribution is 2.36. The first kappa shape index (κ1) is 17.5. The summed E-state index contributed by atoms with van der Waals surface area (Å²) >= 11 is 5.98. The molecule has 0 spiro atoms. The molecule has 0 radical (unpaired) electrons. The molecule has 0 unspecified atom stereocenters. The third kappa shape index (κ3) is 2.85. The zero-order chi connectivity index (χ0) is 20.0. The van der Waals surface area contributed by atoms with E-state index >= 15 is 0 Å². The molecule has 0 aliphatic carbocycles. The van der Waals surface area contributed by atoms with Crippen LogP contribution in [0.5, 0.6) is 0 Å². The number of rotatable bonds is 0. The normalized spacial score (nSPS) is 11.2. The first-order chi connectivity index (χ1) is 14.1. The third-order valence-corrected chi connectivity index (χ3v) is 5.29. The largest absolute Gasteiger partial charge is 0.456 e. The van der Waals surface area contributed by atoms with Gasteiger partial charge in [-0.05, 0) is 36.4 Å². The molecule has 0 amide bonds. The van der Waals surface area contributed by atoms with E-state index in [9.17, 15) is 0 Å². The lowest BCUT2D eigenvalue weighted by molar-refractivity contribution is 0.668. The Morgan fingerprint density at radius 3 is 1.79 bits per heavy atom. The van der Waals surface area contributed by atoms with Crippen LogP contribution in [0.2, 0.25) is 5.02 Å². The van der Waals surface area contributed by atoms with Crippen LogP contribution in [0.1, 0.15) is 0 Å². The van der Waals surface area contributed by atoms with Crippen molar-refractivity contribution in [2.45, 2.75) is 0 Å². The average Bonchev–Trinajstić information content (AvgIpc) is 3.30. The van der Waals surface area contributed by atoms with Gasteiger partial charge in [0.25, 0.3) is 0 Å². The molecular weight excluding hydrogens is 384 g/mol. The van der Waals surface area contributed by atoms with E-state index in [2.05, 4.69) is 0 Å². The van der Waals surface area contributed by atoms with Gasteiger partial charge >= 0.3 is 0 Å². The van der Waals surface area contributed by atoms with Crippen molar-refractivity contribution >= 4 is 66.9 Å². The Balaban J connectivity index is 0.000000125. The molecule has 4 N–H and O–H groups in total. The van der Waals surface area contributed by atoms with Crippen LogP contribution in [0.25, 0.3) is 43.9 Å². The fourth-order valence-electron chi connectivity index (χ4n) is 3.62. The van der Waals surface area contributed by atoms with E-state index in [1.165, 1.54) is 0 Å². The standard InChI is InChI=1S/C12H8ClNO.C12H9NO/c13-8-5-6-10-11(12(8)14)7-3-1-2-4-9(7)15-10;13-9-5-3-7-11-12(9)8-4-1-2-6-10(8)14-11/h1-6H,14H2;1-7H,13H2. The summed E-state index contributed by atoms with van der Waals surface area (Å²) in [6.45, 7) is 0. The Morgan fingerprint density at radius 1 is 0.552 bits per heavy atom. The van der Waals surface area contributed by atoms with Gasteiger partial charge in [0.15, 0.2) is 0 Å².